The van der Waals surface area contributed by atoms with Gasteiger partial charge in [0.05, 0.1) is 5.60 Å². The molecular formula is C17H34N2O. The van der Waals surface area contributed by atoms with Gasteiger partial charge in [-0.3, -0.25) is 4.90 Å². The highest BCUT2D eigenvalue weighted by Gasteiger charge is 2.40. The number of nitrogens with two attached hydrogens (primary N) is 1. The van der Waals surface area contributed by atoms with E-state index in [1.54, 1.807) is 0 Å². The first-order valence-corrected chi connectivity index (χ1v) is 8.58. The van der Waals surface area contributed by atoms with Crippen LogP contribution in [0.25, 0.3) is 0 Å². The minimum Gasteiger partial charge on any atom is -0.375 e. The van der Waals surface area contributed by atoms with Crippen LogP contribution in [0, 0.1) is 5.41 Å². The van der Waals surface area contributed by atoms with Gasteiger partial charge >= 0.3 is 0 Å². The zero-order valence-electron chi connectivity index (χ0n) is 13.8. The molecule has 1 unspecified atom stereocenters. The molecule has 118 valence electrons. The van der Waals surface area contributed by atoms with Gasteiger partial charge in [-0.25, -0.2) is 0 Å². The molecule has 0 amide bonds. The van der Waals surface area contributed by atoms with Gasteiger partial charge in [-0.15, -0.1) is 0 Å². The van der Waals surface area contributed by atoms with Gasteiger partial charge in [-0.1, -0.05) is 40.0 Å². The van der Waals surface area contributed by atoms with Gasteiger partial charge in [0, 0.05) is 19.2 Å². The Kier molecular flexibility index (Phi) is 5.49. The summed E-state index contributed by atoms with van der Waals surface area (Å²) in [5.74, 6) is 0. The minimum atomic E-state index is 0.210. The predicted molar refractivity (Wildman–Crippen MR) is 84.9 cm³/mol. The second-order valence-electron chi connectivity index (χ2n) is 7.67. The lowest BCUT2D eigenvalue weighted by Crippen LogP contribution is -2.52. The highest BCUT2D eigenvalue weighted by Crippen LogP contribution is 2.40. The summed E-state index contributed by atoms with van der Waals surface area (Å²) in [6.45, 7) is 10.8. The van der Waals surface area contributed by atoms with Crippen LogP contribution in [0.4, 0.5) is 0 Å². The quantitative estimate of drug-likeness (QED) is 0.841. The Bertz CT molecular complexity index is 292. The molecule has 0 aromatic rings. The molecule has 0 radical (unpaired) electrons. The van der Waals surface area contributed by atoms with Crippen molar-refractivity contribution in [3.05, 3.63) is 0 Å². The van der Waals surface area contributed by atoms with Crippen LogP contribution in [-0.4, -0.2) is 42.8 Å². The molecule has 20 heavy (non-hydrogen) atoms. The number of hydrogen-bond acceptors (Lipinski definition) is 3. The van der Waals surface area contributed by atoms with Crippen molar-refractivity contribution in [1.29, 1.82) is 0 Å². The molecular weight excluding hydrogens is 248 g/mol. The molecule has 1 saturated heterocycles. The van der Waals surface area contributed by atoms with Crippen LogP contribution in [0.5, 0.6) is 0 Å². The van der Waals surface area contributed by atoms with Crippen LogP contribution < -0.4 is 5.73 Å². The van der Waals surface area contributed by atoms with Gasteiger partial charge in [0.25, 0.3) is 0 Å². The molecule has 3 heteroatoms. The van der Waals surface area contributed by atoms with Crippen molar-refractivity contribution < 1.29 is 4.74 Å². The van der Waals surface area contributed by atoms with E-state index in [1.807, 2.05) is 0 Å². The van der Waals surface area contributed by atoms with Crippen LogP contribution >= 0.6 is 0 Å². The van der Waals surface area contributed by atoms with Crippen molar-refractivity contribution in [1.82, 2.24) is 4.90 Å². The monoisotopic (exact) mass is 282 g/mol. The van der Waals surface area contributed by atoms with Gasteiger partial charge in [-0.05, 0) is 44.2 Å². The summed E-state index contributed by atoms with van der Waals surface area (Å²) in [5.41, 5.74) is 6.35. The minimum absolute atomic E-state index is 0.210. The molecule has 2 rings (SSSR count). The zero-order chi connectivity index (χ0) is 14.6. The van der Waals surface area contributed by atoms with E-state index in [0.717, 1.165) is 26.2 Å². The van der Waals surface area contributed by atoms with E-state index in [4.69, 9.17) is 10.5 Å². The van der Waals surface area contributed by atoms with Gasteiger partial charge < -0.3 is 10.5 Å². The van der Waals surface area contributed by atoms with Crippen LogP contribution in [0.3, 0.4) is 0 Å². The van der Waals surface area contributed by atoms with Crippen LogP contribution in [0.1, 0.15) is 65.7 Å². The van der Waals surface area contributed by atoms with Crippen LogP contribution in [0.15, 0.2) is 0 Å². The average Bonchev–Trinajstić information content (AvgIpc) is 2.46. The van der Waals surface area contributed by atoms with Crippen molar-refractivity contribution in [3.8, 4) is 0 Å². The Balaban J connectivity index is 1.98. The fraction of sp³-hybridized carbons (Fsp3) is 1.00. The maximum absolute atomic E-state index is 6.24. The lowest BCUT2D eigenvalue weighted by molar-refractivity contribution is -0.126. The second-order valence-corrected chi connectivity index (χ2v) is 7.67. The van der Waals surface area contributed by atoms with Crippen molar-refractivity contribution in [2.45, 2.75) is 77.4 Å². The van der Waals surface area contributed by atoms with Crippen molar-refractivity contribution in [2.75, 3.05) is 26.2 Å². The van der Waals surface area contributed by atoms with Crippen molar-refractivity contribution in [3.63, 3.8) is 0 Å². The van der Waals surface area contributed by atoms with Gasteiger partial charge in [-0.2, -0.15) is 0 Å². The predicted octanol–water partition coefficient (Wildman–Crippen LogP) is 3.18. The number of rotatable bonds is 5. The molecule has 1 saturated carbocycles. The molecule has 1 atom stereocenters. The summed E-state index contributed by atoms with van der Waals surface area (Å²) >= 11 is 0. The summed E-state index contributed by atoms with van der Waals surface area (Å²) in [4.78, 5) is 2.66. The first kappa shape index (κ1) is 16.3. The van der Waals surface area contributed by atoms with E-state index in [0.29, 0.717) is 6.04 Å². The lowest BCUT2D eigenvalue weighted by Gasteiger charge is -2.47. The maximum Gasteiger partial charge on any atom is 0.0697 e. The molecule has 0 aromatic heterocycles. The second kappa shape index (κ2) is 6.76. The average molecular weight is 282 g/mol. The lowest BCUT2D eigenvalue weighted by atomic mass is 9.77. The third-order valence-electron chi connectivity index (χ3n) is 5.34. The third-order valence-corrected chi connectivity index (χ3v) is 5.34. The summed E-state index contributed by atoms with van der Waals surface area (Å²) in [5, 5.41) is 0. The molecule has 0 bridgehead atoms. The van der Waals surface area contributed by atoms with Gasteiger partial charge in [0.2, 0.25) is 0 Å². The standard InChI is InChI=1S/C17H34N2O/c1-4-19(14-16(2,3)13-18)15-8-11-20-17(12-15)9-6-5-7-10-17/h15H,4-14,18H2,1-3H3. The topological polar surface area (TPSA) is 38.5 Å². The molecule has 2 fully saturated rings. The van der Waals surface area contributed by atoms with Crippen LogP contribution in [-0.2, 0) is 4.74 Å². The molecule has 2 aliphatic rings. The van der Waals surface area contributed by atoms with E-state index in [1.165, 1.54) is 44.9 Å². The van der Waals surface area contributed by atoms with E-state index in [2.05, 4.69) is 25.7 Å². The zero-order valence-corrected chi connectivity index (χ0v) is 13.8. The fourth-order valence-corrected chi connectivity index (χ4v) is 3.97. The van der Waals surface area contributed by atoms with E-state index >= 15 is 0 Å². The molecule has 1 spiro atoms. The van der Waals surface area contributed by atoms with E-state index in [-0.39, 0.29) is 11.0 Å². The van der Waals surface area contributed by atoms with Crippen LogP contribution in [0.2, 0.25) is 0 Å². The Hall–Kier alpha value is -0.120. The highest BCUT2D eigenvalue weighted by molar-refractivity contribution is 4.93. The van der Waals surface area contributed by atoms with Gasteiger partial charge in [0.1, 0.15) is 0 Å². The number of nitrogens with zero attached hydrogens (tertiary/aromatic N) is 1. The van der Waals surface area contributed by atoms with E-state index in [9.17, 15) is 0 Å². The molecule has 2 N–H and O–H groups in total. The summed E-state index contributed by atoms with van der Waals surface area (Å²) in [6, 6.07) is 0.692. The molecule has 1 aliphatic heterocycles. The molecule has 3 nitrogen and oxygen atoms in total. The molecule has 1 aliphatic carbocycles. The Morgan fingerprint density at radius 3 is 2.55 bits per heavy atom. The largest absolute Gasteiger partial charge is 0.375 e. The Labute approximate surface area is 125 Å². The SMILES string of the molecule is CCN(CC(C)(C)CN)C1CCOC2(CCCCC2)C1. The van der Waals surface area contributed by atoms with Gasteiger partial charge in [0.15, 0.2) is 0 Å². The third kappa shape index (κ3) is 3.96. The smallest absolute Gasteiger partial charge is 0.0697 e. The van der Waals surface area contributed by atoms with Crippen molar-refractivity contribution >= 4 is 0 Å². The van der Waals surface area contributed by atoms with E-state index < -0.39 is 0 Å². The summed E-state index contributed by atoms with van der Waals surface area (Å²) in [7, 11) is 0. The summed E-state index contributed by atoms with van der Waals surface area (Å²) < 4.78 is 6.24. The highest BCUT2D eigenvalue weighted by atomic mass is 16.5. The maximum atomic E-state index is 6.24. The summed E-state index contributed by atoms with van der Waals surface area (Å²) in [6.07, 6.45) is 9.09. The first-order valence-electron chi connectivity index (χ1n) is 8.58. The number of ether oxygens (including phenoxy) is 1. The Morgan fingerprint density at radius 1 is 1.25 bits per heavy atom. The normalized spacial score (nSPS) is 27.1. The molecule has 1 heterocycles. The number of hydrogen-bond donors (Lipinski definition) is 1. The molecule has 0 aromatic carbocycles. The Morgan fingerprint density at radius 2 is 1.95 bits per heavy atom. The van der Waals surface area contributed by atoms with Crippen molar-refractivity contribution in [2.24, 2.45) is 11.1 Å². The fourth-order valence-electron chi connectivity index (χ4n) is 3.97. The first-order chi connectivity index (χ1) is 9.50.